The predicted molar refractivity (Wildman–Crippen MR) is 55.0 cm³/mol. The Labute approximate surface area is 84.4 Å². The van der Waals surface area contributed by atoms with Gasteiger partial charge in [0.1, 0.15) is 5.78 Å². The first-order valence-corrected chi connectivity index (χ1v) is 5.13. The highest BCUT2D eigenvalue weighted by atomic mass is 16.1. The quantitative estimate of drug-likeness (QED) is 0.730. The molecule has 1 fully saturated rings. The van der Waals surface area contributed by atoms with E-state index in [4.69, 9.17) is 0 Å². The summed E-state index contributed by atoms with van der Waals surface area (Å²) in [5, 5.41) is 0. The van der Waals surface area contributed by atoms with Crippen LogP contribution in [0.3, 0.4) is 0 Å². The van der Waals surface area contributed by atoms with E-state index < -0.39 is 0 Å². The number of pyridine rings is 1. The van der Waals surface area contributed by atoms with Crippen LogP contribution in [0.25, 0.3) is 0 Å². The number of hydrogen-bond donors (Lipinski definition) is 0. The van der Waals surface area contributed by atoms with Crippen LogP contribution in [0.2, 0.25) is 0 Å². The van der Waals surface area contributed by atoms with Gasteiger partial charge in [-0.1, -0.05) is 19.9 Å². The number of Topliss-reactive ketones (excluding diaryl/α,β-unsaturated/α-hetero) is 1. The molecular formula is C12H15NO. The number of aromatic nitrogens is 1. The van der Waals surface area contributed by atoms with Gasteiger partial charge in [0.05, 0.1) is 11.1 Å². The summed E-state index contributed by atoms with van der Waals surface area (Å²) in [6, 6.07) is 5.81. The van der Waals surface area contributed by atoms with Crippen molar-refractivity contribution in [2.75, 3.05) is 0 Å². The minimum atomic E-state index is -0.227. The van der Waals surface area contributed by atoms with Crippen LogP contribution in [-0.4, -0.2) is 10.8 Å². The zero-order valence-electron chi connectivity index (χ0n) is 8.66. The summed E-state index contributed by atoms with van der Waals surface area (Å²) in [5.74, 6) is 0.454. The predicted octanol–water partition coefficient (Wildman–Crippen LogP) is 2.34. The molecule has 0 spiro atoms. The van der Waals surface area contributed by atoms with E-state index in [0.29, 0.717) is 5.78 Å². The summed E-state index contributed by atoms with van der Waals surface area (Å²) in [4.78, 5) is 16.3. The summed E-state index contributed by atoms with van der Waals surface area (Å²) in [6.45, 7) is 3.93. The van der Waals surface area contributed by atoms with Gasteiger partial charge in [-0.25, -0.2) is 0 Å². The van der Waals surface area contributed by atoms with Gasteiger partial charge in [0.15, 0.2) is 0 Å². The molecule has 1 aliphatic carbocycles. The average Bonchev–Trinajstić information content (AvgIpc) is 2.99. The molecule has 0 saturated heterocycles. The fourth-order valence-electron chi connectivity index (χ4n) is 1.95. The third-order valence-corrected chi connectivity index (χ3v) is 2.90. The summed E-state index contributed by atoms with van der Waals surface area (Å²) < 4.78 is 0. The molecule has 0 N–H and O–H groups in total. The molecule has 2 rings (SSSR count). The van der Waals surface area contributed by atoms with E-state index in [9.17, 15) is 4.79 Å². The minimum absolute atomic E-state index is 0.111. The fourth-order valence-corrected chi connectivity index (χ4v) is 1.95. The number of hydrogen-bond acceptors (Lipinski definition) is 2. The van der Waals surface area contributed by atoms with Gasteiger partial charge in [-0.15, -0.1) is 0 Å². The Morgan fingerprint density at radius 3 is 2.57 bits per heavy atom. The highest BCUT2D eigenvalue weighted by molar-refractivity contribution is 5.93. The lowest BCUT2D eigenvalue weighted by atomic mass is 9.89. The van der Waals surface area contributed by atoms with Gasteiger partial charge in [0.2, 0.25) is 0 Å². The SMILES string of the molecule is CC(C)C(=O)C1(c2ccccn2)CC1. The molecule has 1 heterocycles. The van der Waals surface area contributed by atoms with Crippen LogP contribution in [0.5, 0.6) is 0 Å². The zero-order valence-corrected chi connectivity index (χ0v) is 8.66. The van der Waals surface area contributed by atoms with Gasteiger partial charge in [-0.2, -0.15) is 0 Å². The fraction of sp³-hybridized carbons (Fsp3) is 0.500. The molecule has 14 heavy (non-hydrogen) atoms. The summed E-state index contributed by atoms with van der Waals surface area (Å²) >= 11 is 0. The smallest absolute Gasteiger partial charge is 0.147 e. The van der Waals surface area contributed by atoms with Gasteiger partial charge in [-0.3, -0.25) is 9.78 Å². The standard InChI is InChI=1S/C12H15NO/c1-9(2)11(14)12(6-7-12)10-5-3-4-8-13-10/h3-5,8-9H,6-7H2,1-2H3. The van der Waals surface area contributed by atoms with E-state index in [2.05, 4.69) is 4.98 Å². The van der Waals surface area contributed by atoms with E-state index in [1.807, 2.05) is 32.0 Å². The monoisotopic (exact) mass is 189 g/mol. The molecule has 0 amide bonds. The van der Waals surface area contributed by atoms with Gasteiger partial charge < -0.3 is 0 Å². The van der Waals surface area contributed by atoms with E-state index in [0.717, 1.165) is 18.5 Å². The second-order valence-electron chi connectivity index (χ2n) is 4.32. The molecular weight excluding hydrogens is 174 g/mol. The molecule has 1 aromatic heterocycles. The van der Waals surface area contributed by atoms with Crippen molar-refractivity contribution in [3.05, 3.63) is 30.1 Å². The Morgan fingerprint density at radius 1 is 1.43 bits per heavy atom. The van der Waals surface area contributed by atoms with Gasteiger partial charge in [-0.05, 0) is 25.0 Å². The maximum Gasteiger partial charge on any atom is 0.147 e. The molecule has 1 aliphatic rings. The van der Waals surface area contributed by atoms with Crippen molar-refractivity contribution in [2.45, 2.75) is 32.1 Å². The Kier molecular flexibility index (Phi) is 2.14. The molecule has 0 unspecified atom stereocenters. The second kappa shape index (κ2) is 3.19. The molecule has 2 heteroatoms. The van der Waals surface area contributed by atoms with E-state index >= 15 is 0 Å². The van der Waals surface area contributed by atoms with Crippen molar-refractivity contribution in [1.82, 2.24) is 4.98 Å². The second-order valence-corrected chi connectivity index (χ2v) is 4.32. The lowest BCUT2D eigenvalue weighted by Gasteiger charge is -2.15. The van der Waals surface area contributed by atoms with Crippen molar-refractivity contribution in [1.29, 1.82) is 0 Å². The van der Waals surface area contributed by atoms with Gasteiger partial charge >= 0.3 is 0 Å². The summed E-state index contributed by atoms with van der Waals surface area (Å²) in [5.41, 5.74) is 0.730. The first kappa shape index (κ1) is 9.38. The van der Waals surface area contributed by atoms with E-state index in [-0.39, 0.29) is 11.3 Å². The Bertz CT molecular complexity index is 339. The van der Waals surface area contributed by atoms with Crippen LogP contribution in [0, 0.1) is 5.92 Å². The maximum atomic E-state index is 12.0. The van der Waals surface area contributed by atoms with Gasteiger partial charge in [0, 0.05) is 12.1 Å². The van der Waals surface area contributed by atoms with Crippen molar-refractivity contribution < 1.29 is 4.79 Å². The Morgan fingerprint density at radius 2 is 2.14 bits per heavy atom. The summed E-state index contributed by atoms with van der Waals surface area (Å²) in [7, 11) is 0. The number of rotatable bonds is 3. The molecule has 74 valence electrons. The number of carbonyl (C=O) groups is 1. The minimum Gasteiger partial charge on any atom is -0.298 e. The lowest BCUT2D eigenvalue weighted by Crippen LogP contribution is -2.26. The summed E-state index contributed by atoms with van der Waals surface area (Å²) in [6.07, 6.45) is 3.71. The number of ketones is 1. The molecule has 0 aliphatic heterocycles. The van der Waals surface area contributed by atoms with Crippen LogP contribution >= 0.6 is 0 Å². The maximum absolute atomic E-state index is 12.0. The van der Waals surface area contributed by atoms with Crippen molar-refractivity contribution in [2.24, 2.45) is 5.92 Å². The molecule has 0 atom stereocenters. The van der Waals surface area contributed by atoms with Crippen LogP contribution in [0.1, 0.15) is 32.4 Å². The molecule has 1 saturated carbocycles. The molecule has 0 radical (unpaired) electrons. The van der Waals surface area contributed by atoms with E-state index in [1.165, 1.54) is 0 Å². The molecule has 2 nitrogen and oxygen atoms in total. The molecule has 0 bridgehead atoms. The third-order valence-electron chi connectivity index (χ3n) is 2.90. The van der Waals surface area contributed by atoms with Crippen LogP contribution in [0.4, 0.5) is 0 Å². The highest BCUT2D eigenvalue weighted by Gasteiger charge is 2.52. The first-order valence-electron chi connectivity index (χ1n) is 5.13. The normalized spacial score (nSPS) is 18.2. The Balaban J connectivity index is 2.30. The van der Waals surface area contributed by atoms with Gasteiger partial charge in [0.25, 0.3) is 0 Å². The molecule has 0 aromatic carbocycles. The van der Waals surface area contributed by atoms with E-state index in [1.54, 1.807) is 6.20 Å². The highest BCUT2D eigenvalue weighted by Crippen LogP contribution is 2.49. The average molecular weight is 189 g/mol. The van der Waals surface area contributed by atoms with Crippen molar-refractivity contribution in [3.8, 4) is 0 Å². The number of carbonyl (C=O) groups excluding carboxylic acids is 1. The first-order chi connectivity index (χ1) is 6.67. The van der Waals surface area contributed by atoms with Crippen molar-refractivity contribution in [3.63, 3.8) is 0 Å². The van der Waals surface area contributed by atoms with Crippen molar-refractivity contribution >= 4 is 5.78 Å². The Hall–Kier alpha value is -1.18. The molecule has 1 aromatic rings. The zero-order chi connectivity index (χ0) is 10.2. The lowest BCUT2D eigenvalue weighted by molar-refractivity contribution is -0.124. The topological polar surface area (TPSA) is 30.0 Å². The number of nitrogens with zero attached hydrogens (tertiary/aromatic N) is 1. The third kappa shape index (κ3) is 1.35. The van der Waals surface area contributed by atoms with Crippen LogP contribution in [-0.2, 0) is 10.2 Å². The van der Waals surface area contributed by atoms with Crippen LogP contribution in [0.15, 0.2) is 24.4 Å². The van der Waals surface area contributed by atoms with Crippen LogP contribution < -0.4 is 0 Å². The largest absolute Gasteiger partial charge is 0.298 e.